The highest BCUT2D eigenvalue weighted by Crippen LogP contribution is 2.33. The zero-order chi connectivity index (χ0) is 22.6. The standard InChI is InChI=1S/C18H21N5O.C2HF3O2/c1-13-2-5-15-12-23(18(24)16-10-19-6-7-20-16)9-8-22(17(15)21-13)11-14-3-4-14;3-2(4,5)1(6)7/h2,5-7,10,14H,3-4,8-9,11-12H2,1H3;(H,6,7). The Bertz CT molecular complexity index is 935. The number of halogens is 3. The van der Waals surface area contributed by atoms with Gasteiger partial charge in [0.05, 0.1) is 6.20 Å². The number of alkyl halides is 3. The van der Waals surface area contributed by atoms with Gasteiger partial charge in [0, 0.05) is 49.8 Å². The lowest BCUT2D eigenvalue weighted by Gasteiger charge is -2.24. The van der Waals surface area contributed by atoms with Crippen molar-refractivity contribution in [1.29, 1.82) is 0 Å². The normalized spacial score (nSPS) is 16.0. The smallest absolute Gasteiger partial charge is 0.475 e. The third-order valence-corrected chi connectivity index (χ3v) is 4.88. The molecule has 3 heterocycles. The molecule has 11 heteroatoms. The van der Waals surface area contributed by atoms with Crippen LogP contribution in [0.5, 0.6) is 0 Å². The SMILES string of the molecule is Cc1ccc2c(n1)N(CC1CC1)CCN(C(=O)c1cnccn1)C2.O=C(O)C(F)(F)F. The summed E-state index contributed by atoms with van der Waals surface area (Å²) < 4.78 is 31.7. The summed E-state index contributed by atoms with van der Waals surface area (Å²) in [7, 11) is 0. The van der Waals surface area contributed by atoms with Crippen molar-refractivity contribution < 1.29 is 27.9 Å². The number of carbonyl (C=O) groups is 2. The second-order valence-corrected chi connectivity index (χ2v) is 7.45. The molecule has 166 valence electrons. The molecule has 1 aliphatic heterocycles. The summed E-state index contributed by atoms with van der Waals surface area (Å²) in [5.41, 5.74) is 2.52. The molecule has 1 aliphatic carbocycles. The Morgan fingerprint density at radius 3 is 2.48 bits per heavy atom. The maximum Gasteiger partial charge on any atom is 0.490 e. The molecule has 0 bridgehead atoms. The fraction of sp³-hybridized carbons (Fsp3) is 0.450. The molecule has 2 aliphatic rings. The average Bonchev–Trinajstić information content (AvgIpc) is 3.56. The Morgan fingerprint density at radius 1 is 1.19 bits per heavy atom. The van der Waals surface area contributed by atoms with Gasteiger partial charge in [0.25, 0.3) is 5.91 Å². The number of hydrogen-bond acceptors (Lipinski definition) is 6. The van der Waals surface area contributed by atoms with Crippen molar-refractivity contribution in [3.8, 4) is 0 Å². The van der Waals surface area contributed by atoms with Crippen LogP contribution < -0.4 is 4.90 Å². The molecule has 0 radical (unpaired) electrons. The van der Waals surface area contributed by atoms with E-state index in [1.165, 1.54) is 19.0 Å². The second kappa shape index (κ2) is 9.27. The highest BCUT2D eigenvalue weighted by atomic mass is 19.4. The average molecular weight is 437 g/mol. The van der Waals surface area contributed by atoms with Crippen LogP contribution in [-0.4, -0.2) is 62.6 Å². The number of carboxylic acids is 1. The molecule has 0 unspecified atom stereocenters. The maximum atomic E-state index is 12.8. The molecule has 1 fully saturated rings. The molecule has 1 saturated carbocycles. The van der Waals surface area contributed by atoms with Crippen LogP contribution in [0.25, 0.3) is 0 Å². The largest absolute Gasteiger partial charge is 0.490 e. The van der Waals surface area contributed by atoms with E-state index in [-0.39, 0.29) is 5.91 Å². The Balaban J connectivity index is 0.000000339. The fourth-order valence-electron chi connectivity index (χ4n) is 3.14. The summed E-state index contributed by atoms with van der Waals surface area (Å²) in [5, 5.41) is 7.12. The van der Waals surface area contributed by atoms with Crippen LogP contribution in [0.3, 0.4) is 0 Å². The van der Waals surface area contributed by atoms with Crippen molar-refractivity contribution in [2.24, 2.45) is 5.92 Å². The maximum absolute atomic E-state index is 12.8. The summed E-state index contributed by atoms with van der Waals surface area (Å²) >= 11 is 0. The number of nitrogens with zero attached hydrogens (tertiary/aromatic N) is 5. The van der Waals surface area contributed by atoms with Crippen LogP contribution in [0.2, 0.25) is 0 Å². The number of anilines is 1. The topological polar surface area (TPSA) is 99.5 Å². The molecule has 0 atom stereocenters. The number of aliphatic carboxylic acids is 1. The molecule has 1 N–H and O–H groups in total. The van der Waals surface area contributed by atoms with E-state index in [1.54, 1.807) is 12.4 Å². The number of aryl methyl sites for hydroxylation is 1. The van der Waals surface area contributed by atoms with E-state index in [0.717, 1.165) is 36.1 Å². The predicted octanol–water partition coefficient (Wildman–Crippen LogP) is 2.69. The second-order valence-electron chi connectivity index (χ2n) is 7.45. The van der Waals surface area contributed by atoms with Crippen LogP contribution in [0, 0.1) is 12.8 Å². The van der Waals surface area contributed by atoms with E-state index in [2.05, 4.69) is 20.9 Å². The van der Waals surface area contributed by atoms with Crippen molar-refractivity contribution in [3.63, 3.8) is 0 Å². The lowest BCUT2D eigenvalue weighted by Crippen LogP contribution is -2.36. The molecule has 4 rings (SSSR count). The van der Waals surface area contributed by atoms with Gasteiger partial charge in [-0.2, -0.15) is 13.2 Å². The first-order chi connectivity index (χ1) is 14.6. The van der Waals surface area contributed by atoms with Crippen LogP contribution in [0.4, 0.5) is 19.0 Å². The molecule has 0 spiro atoms. The number of amides is 1. The Hall–Kier alpha value is -3.24. The molecule has 0 saturated heterocycles. The number of hydrogen-bond donors (Lipinski definition) is 1. The van der Waals surface area contributed by atoms with Gasteiger partial charge in [-0.1, -0.05) is 6.07 Å². The quantitative estimate of drug-likeness (QED) is 0.788. The van der Waals surface area contributed by atoms with Gasteiger partial charge in [0.2, 0.25) is 0 Å². The summed E-state index contributed by atoms with van der Waals surface area (Å²) in [6, 6.07) is 4.12. The van der Waals surface area contributed by atoms with Crippen LogP contribution in [0.15, 0.2) is 30.7 Å². The van der Waals surface area contributed by atoms with E-state index >= 15 is 0 Å². The van der Waals surface area contributed by atoms with E-state index in [1.807, 2.05) is 17.9 Å². The van der Waals surface area contributed by atoms with Gasteiger partial charge in [-0.05, 0) is 31.7 Å². The van der Waals surface area contributed by atoms with E-state index < -0.39 is 12.1 Å². The monoisotopic (exact) mass is 437 g/mol. The van der Waals surface area contributed by atoms with Gasteiger partial charge in [-0.15, -0.1) is 0 Å². The highest BCUT2D eigenvalue weighted by Gasteiger charge is 2.38. The van der Waals surface area contributed by atoms with Crippen LogP contribution in [-0.2, 0) is 11.3 Å². The van der Waals surface area contributed by atoms with E-state index in [0.29, 0.717) is 18.8 Å². The first kappa shape index (κ1) is 22.4. The summed E-state index contributed by atoms with van der Waals surface area (Å²) in [5.74, 6) is -1.01. The van der Waals surface area contributed by atoms with E-state index in [4.69, 9.17) is 14.9 Å². The lowest BCUT2D eigenvalue weighted by atomic mass is 10.2. The minimum absolute atomic E-state index is 0.0668. The third kappa shape index (κ3) is 6.12. The highest BCUT2D eigenvalue weighted by molar-refractivity contribution is 5.92. The fourth-order valence-corrected chi connectivity index (χ4v) is 3.14. The summed E-state index contributed by atoms with van der Waals surface area (Å²) in [6.45, 7) is 5.11. The minimum atomic E-state index is -5.08. The van der Waals surface area contributed by atoms with Crippen LogP contribution >= 0.6 is 0 Å². The molecule has 8 nitrogen and oxygen atoms in total. The van der Waals surface area contributed by atoms with Gasteiger partial charge < -0.3 is 14.9 Å². The molecule has 0 aromatic carbocycles. The molecular weight excluding hydrogens is 415 g/mol. The number of fused-ring (bicyclic) bond motifs is 1. The zero-order valence-electron chi connectivity index (χ0n) is 16.8. The van der Waals surface area contributed by atoms with E-state index in [9.17, 15) is 18.0 Å². The lowest BCUT2D eigenvalue weighted by molar-refractivity contribution is -0.192. The van der Waals surface area contributed by atoms with Gasteiger partial charge in [0.1, 0.15) is 11.5 Å². The van der Waals surface area contributed by atoms with Crippen molar-refractivity contribution in [2.45, 2.75) is 32.5 Å². The van der Waals surface area contributed by atoms with Crippen molar-refractivity contribution >= 4 is 17.7 Å². The zero-order valence-corrected chi connectivity index (χ0v) is 16.8. The summed E-state index contributed by atoms with van der Waals surface area (Å²) in [4.78, 5) is 38.8. The van der Waals surface area contributed by atoms with Crippen molar-refractivity contribution in [2.75, 3.05) is 24.5 Å². The number of carbonyl (C=O) groups excluding carboxylic acids is 1. The van der Waals surface area contributed by atoms with Crippen molar-refractivity contribution in [1.82, 2.24) is 19.9 Å². The predicted molar refractivity (Wildman–Crippen MR) is 104 cm³/mol. The third-order valence-electron chi connectivity index (χ3n) is 4.88. The van der Waals surface area contributed by atoms with Crippen molar-refractivity contribution in [3.05, 3.63) is 47.7 Å². The minimum Gasteiger partial charge on any atom is -0.475 e. The molecular formula is C20H22F3N5O3. The first-order valence-corrected chi connectivity index (χ1v) is 9.72. The molecule has 2 aromatic rings. The van der Waals surface area contributed by atoms with Gasteiger partial charge in [-0.3, -0.25) is 9.78 Å². The van der Waals surface area contributed by atoms with Crippen LogP contribution in [0.1, 0.15) is 34.6 Å². The first-order valence-electron chi connectivity index (χ1n) is 9.72. The molecule has 31 heavy (non-hydrogen) atoms. The van der Waals surface area contributed by atoms with Gasteiger partial charge >= 0.3 is 12.1 Å². The molecule has 2 aromatic heterocycles. The number of pyridine rings is 1. The number of rotatable bonds is 3. The van der Waals surface area contributed by atoms with Gasteiger partial charge in [0.15, 0.2) is 0 Å². The Morgan fingerprint density at radius 2 is 1.90 bits per heavy atom. The number of aromatic nitrogens is 3. The Labute approximate surface area is 176 Å². The molecule has 1 amide bonds. The Kier molecular flexibility index (Phi) is 6.71. The summed E-state index contributed by atoms with van der Waals surface area (Å²) in [6.07, 6.45) is 2.20. The number of carboxylic acid groups (broad SMARTS) is 1. The van der Waals surface area contributed by atoms with Gasteiger partial charge in [-0.25, -0.2) is 14.8 Å².